The lowest BCUT2D eigenvalue weighted by Gasteiger charge is -2.20. The first-order valence-corrected chi connectivity index (χ1v) is 6.37. The predicted octanol–water partition coefficient (Wildman–Crippen LogP) is 0.936. The normalized spacial score (nSPS) is 22.5. The quantitative estimate of drug-likeness (QED) is 0.876. The summed E-state index contributed by atoms with van der Waals surface area (Å²) in [5.41, 5.74) is 7.80. The zero-order chi connectivity index (χ0) is 14.0. The summed E-state index contributed by atoms with van der Waals surface area (Å²) in [6.45, 7) is 4.69. The van der Waals surface area contributed by atoms with Crippen LogP contribution >= 0.6 is 0 Å². The lowest BCUT2D eigenvalue weighted by molar-refractivity contribution is -0.123. The molecule has 5 heteroatoms. The van der Waals surface area contributed by atoms with E-state index in [4.69, 9.17) is 15.2 Å². The zero-order valence-electron chi connectivity index (χ0n) is 11.7. The summed E-state index contributed by atoms with van der Waals surface area (Å²) >= 11 is 0. The van der Waals surface area contributed by atoms with Gasteiger partial charge in [-0.05, 0) is 20.3 Å². The Morgan fingerprint density at radius 2 is 2.32 bits per heavy atom. The smallest absolute Gasteiger partial charge is 0.161 e. The highest BCUT2D eigenvalue weighted by molar-refractivity contribution is 5.90. The highest BCUT2D eigenvalue weighted by atomic mass is 16.5. The average Bonchev–Trinajstić information content (AvgIpc) is 2.82. The lowest BCUT2D eigenvalue weighted by atomic mass is 9.90. The van der Waals surface area contributed by atoms with Crippen molar-refractivity contribution in [3.05, 3.63) is 23.0 Å². The van der Waals surface area contributed by atoms with Gasteiger partial charge in [0.2, 0.25) is 0 Å². The van der Waals surface area contributed by atoms with Crippen molar-refractivity contribution in [2.75, 3.05) is 20.3 Å². The van der Waals surface area contributed by atoms with Gasteiger partial charge in [0, 0.05) is 23.9 Å². The summed E-state index contributed by atoms with van der Waals surface area (Å²) in [4.78, 5) is 16.6. The van der Waals surface area contributed by atoms with Crippen LogP contribution in [0, 0.1) is 13.8 Å². The maximum absolute atomic E-state index is 12.3. The molecule has 1 fully saturated rings. The molecule has 1 saturated heterocycles. The highest BCUT2D eigenvalue weighted by Gasteiger charge is 2.38. The highest BCUT2D eigenvalue weighted by Crippen LogP contribution is 2.26. The van der Waals surface area contributed by atoms with Crippen molar-refractivity contribution in [3.8, 4) is 5.75 Å². The third kappa shape index (κ3) is 2.62. The first-order chi connectivity index (χ1) is 8.98. The van der Waals surface area contributed by atoms with Crippen molar-refractivity contribution in [3.63, 3.8) is 0 Å². The fourth-order valence-corrected chi connectivity index (χ4v) is 2.38. The molecule has 104 valence electrons. The lowest BCUT2D eigenvalue weighted by Crippen LogP contribution is -2.49. The van der Waals surface area contributed by atoms with E-state index in [1.165, 1.54) is 0 Å². The molecule has 19 heavy (non-hydrogen) atoms. The number of methoxy groups -OCH3 is 1. The van der Waals surface area contributed by atoms with Gasteiger partial charge in [0.1, 0.15) is 11.3 Å². The Kier molecular flexibility index (Phi) is 3.87. The summed E-state index contributed by atoms with van der Waals surface area (Å²) < 4.78 is 10.6. The van der Waals surface area contributed by atoms with Crippen molar-refractivity contribution in [2.24, 2.45) is 5.73 Å². The Labute approximate surface area is 113 Å². The van der Waals surface area contributed by atoms with E-state index in [9.17, 15) is 4.79 Å². The number of aromatic nitrogens is 1. The third-order valence-corrected chi connectivity index (χ3v) is 3.69. The van der Waals surface area contributed by atoms with Crippen molar-refractivity contribution in [2.45, 2.75) is 32.2 Å². The molecule has 1 atom stereocenters. The van der Waals surface area contributed by atoms with E-state index >= 15 is 0 Å². The molecule has 0 saturated carbocycles. The van der Waals surface area contributed by atoms with E-state index in [1.54, 1.807) is 13.3 Å². The first kappa shape index (κ1) is 14.0. The fourth-order valence-electron chi connectivity index (χ4n) is 2.38. The summed E-state index contributed by atoms with van der Waals surface area (Å²) in [7, 11) is 1.62. The number of carbonyl (C=O) groups is 1. The number of ketones is 1. The second-order valence-corrected chi connectivity index (χ2v) is 5.10. The van der Waals surface area contributed by atoms with Gasteiger partial charge in [-0.1, -0.05) is 0 Å². The SMILES string of the molecule is COc1c(C)cnc(CC(=O)C2(N)CCOC2)c1C. The summed E-state index contributed by atoms with van der Waals surface area (Å²) in [5, 5.41) is 0. The maximum atomic E-state index is 12.3. The molecule has 0 radical (unpaired) electrons. The number of hydrogen-bond donors (Lipinski definition) is 1. The molecule has 2 N–H and O–H groups in total. The minimum absolute atomic E-state index is 0.0218. The molecule has 0 aromatic carbocycles. The molecule has 0 spiro atoms. The van der Waals surface area contributed by atoms with Crippen LogP contribution in [0.3, 0.4) is 0 Å². The Morgan fingerprint density at radius 1 is 1.58 bits per heavy atom. The molecule has 1 unspecified atom stereocenters. The maximum Gasteiger partial charge on any atom is 0.161 e. The van der Waals surface area contributed by atoms with Crippen LogP contribution in [0.4, 0.5) is 0 Å². The van der Waals surface area contributed by atoms with Crippen LogP contribution < -0.4 is 10.5 Å². The summed E-state index contributed by atoms with van der Waals surface area (Å²) in [6, 6.07) is 0. The minimum Gasteiger partial charge on any atom is -0.496 e. The molecule has 2 heterocycles. The van der Waals surface area contributed by atoms with E-state index in [-0.39, 0.29) is 12.2 Å². The van der Waals surface area contributed by atoms with Crippen molar-refractivity contribution in [1.82, 2.24) is 4.98 Å². The molecule has 0 bridgehead atoms. The largest absolute Gasteiger partial charge is 0.496 e. The number of nitrogens with zero attached hydrogens (tertiary/aromatic N) is 1. The first-order valence-electron chi connectivity index (χ1n) is 6.37. The van der Waals surface area contributed by atoms with Crippen LogP contribution in [-0.2, 0) is 16.0 Å². The van der Waals surface area contributed by atoms with E-state index in [0.717, 1.165) is 22.6 Å². The van der Waals surface area contributed by atoms with Crippen LogP contribution in [-0.4, -0.2) is 36.6 Å². The van der Waals surface area contributed by atoms with E-state index in [1.807, 2.05) is 13.8 Å². The van der Waals surface area contributed by atoms with Gasteiger partial charge in [0.25, 0.3) is 0 Å². The van der Waals surface area contributed by atoms with E-state index in [0.29, 0.717) is 19.6 Å². The molecule has 1 aliphatic rings. The number of carbonyl (C=O) groups excluding carboxylic acids is 1. The third-order valence-electron chi connectivity index (χ3n) is 3.69. The topological polar surface area (TPSA) is 74.4 Å². The molecule has 1 aromatic rings. The van der Waals surface area contributed by atoms with Gasteiger partial charge in [-0.25, -0.2) is 0 Å². The van der Waals surface area contributed by atoms with Gasteiger partial charge in [0.15, 0.2) is 5.78 Å². The Hall–Kier alpha value is -1.46. The number of ether oxygens (including phenoxy) is 2. The number of pyridine rings is 1. The monoisotopic (exact) mass is 264 g/mol. The number of nitrogens with two attached hydrogens (primary N) is 1. The van der Waals surface area contributed by atoms with Gasteiger partial charge in [-0.3, -0.25) is 9.78 Å². The second kappa shape index (κ2) is 5.27. The van der Waals surface area contributed by atoms with Crippen LogP contribution in [0.25, 0.3) is 0 Å². The predicted molar refractivity (Wildman–Crippen MR) is 71.3 cm³/mol. The Morgan fingerprint density at radius 3 is 2.89 bits per heavy atom. The van der Waals surface area contributed by atoms with Gasteiger partial charge in [-0.2, -0.15) is 0 Å². The molecular weight excluding hydrogens is 244 g/mol. The fraction of sp³-hybridized carbons (Fsp3) is 0.571. The van der Waals surface area contributed by atoms with Crippen LogP contribution in [0.5, 0.6) is 5.75 Å². The number of hydrogen-bond acceptors (Lipinski definition) is 5. The molecule has 1 aliphatic heterocycles. The Balaban J connectivity index is 2.22. The number of rotatable bonds is 4. The molecule has 1 aromatic heterocycles. The molecule has 0 aliphatic carbocycles. The van der Waals surface area contributed by atoms with Crippen LogP contribution in [0.15, 0.2) is 6.20 Å². The van der Waals surface area contributed by atoms with Gasteiger partial charge in [0.05, 0.1) is 25.8 Å². The van der Waals surface area contributed by atoms with Crippen molar-refractivity contribution in [1.29, 1.82) is 0 Å². The zero-order valence-corrected chi connectivity index (χ0v) is 11.7. The standard InChI is InChI=1S/C14H20N2O3/c1-9-7-16-11(10(2)13(9)18-3)6-12(17)14(15)4-5-19-8-14/h7H,4-6,8,15H2,1-3H3. The molecule has 2 rings (SSSR count). The average molecular weight is 264 g/mol. The minimum atomic E-state index is -0.855. The van der Waals surface area contributed by atoms with Crippen LogP contribution in [0.2, 0.25) is 0 Å². The summed E-state index contributed by atoms with van der Waals surface area (Å²) in [5.74, 6) is 0.762. The van der Waals surface area contributed by atoms with Crippen LogP contribution in [0.1, 0.15) is 23.2 Å². The Bertz CT molecular complexity index is 494. The number of Topliss-reactive ketones (excluding diaryl/α,β-unsaturated/α-hetero) is 1. The molecule has 5 nitrogen and oxygen atoms in total. The van der Waals surface area contributed by atoms with Gasteiger partial charge >= 0.3 is 0 Å². The van der Waals surface area contributed by atoms with Crippen molar-refractivity contribution >= 4 is 5.78 Å². The van der Waals surface area contributed by atoms with E-state index < -0.39 is 5.54 Å². The molecule has 0 amide bonds. The van der Waals surface area contributed by atoms with Gasteiger partial charge in [-0.15, -0.1) is 0 Å². The van der Waals surface area contributed by atoms with Crippen molar-refractivity contribution < 1.29 is 14.3 Å². The number of aryl methyl sites for hydroxylation is 1. The second-order valence-electron chi connectivity index (χ2n) is 5.10. The summed E-state index contributed by atoms with van der Waals surface area (Å²) in [6.07, 6.45) is 2.53. The van der Waals surface area contributed by atoms with Gasteiger partial charge < -0.3 is 15.2 Å². The van der Waals surface area contributed by atoms with E-state index in [2.05, 4.69) is 4.98 Å². The molecular formula is C14H20N2O3.